The standard InChI is InChI=1S/C28H27F2N5O5/c1-17-23(39-13-3-12-38-2)15-35-24(17)25(31-16-32-35)40-20-8-9-22(21(30)14-20)34-27(37)28(10-11-28)26(36)33-19-6-4-18(29)5-7-19/h4-9,14-16H,3,10-13H2,1-2H3,(H,33,36)(H,34,37). The summed E-state index contributed by atoms with van der Waals surface area (Å²) in [5, 5.41) is 9.32. The van der Waals surface area contributed by atoms with E-state index in [1.54, 1.807) is 17.8 Å². The van der Waals surface area contributed by atoms with Crippen molar-refractivity contribution in [1.82, 2.24) is 14.6 Å². The van der Waals surface area contributed by atoms with E-state index in [0.29, 0.717) is 43.0 Å². The molecule has 0 spiro atoms. The second-order valence-corrected chi connectivity index (χ2v) is 9.41. The van der Waals surface area contributed by atoms with Gasteiger partial charge in [0.2, 0.25) is 17.7 Å². The first kappa shape index (κ1) is 27.0. The van der Waals surface area contributed by atoms with Crippen molar-refractivity contribution in [2.24, 2.45) is 5.41 Å². The molecule has 0 saturated heterocycles. The van der Waals surface area contributed by atoms with Crippen molar-refractivity contribution in [2.45, 2.75) is 26.2 Å². The largest absolute Gasteiger partial charge is 0.492 e. The lowest BCUT2D eigenvalue weighted by Gasteiger charge is -2.16. The summed E-state index contributed by atoms with van der Waals surface area (Å²) in [5.74, 6) is -1.39. The molecule has 2 heterocycles. The zero-order chi connectivity index (χ0) is 28.3. The van der Waals surface area contributed by atoms with Crippen molar-refractivity contribution in [2.75, 3.05) is 31.0 Å². The Balaban J connectivity index is 1.27. The van der Waals surface area contributed by atoms with Gasteiger partial charge < -0.3 is 24.8 Å². The number of benzene rings is 2. The molecule has 0 atom stereocenters. The van der Waals surface area contributed by atoms with Crippen molar-refractivity contribution >= 4 is 28.7 Å². The van der Waals surface area contributed by atoms with Gasteiger partial charge in [0.15, 0.2) is 0 Å². The van der Waals surface area contributed by atoms with Crippen LogP contribution in [0.4, 0.5) is 20.2 Å². The molecule has 10 nitrogen and oxygen atoms in total. The number of ether oxygens (including phenoxy) is 3. The maximum Gasteiger partial charge on any atom is 0.247 e. The van der Waals surface area contributed by atoms with Crippen LogP contribution < -0.4 is 20.1 Å². The lowest BCUT2D eigenvalue weighted by atomic mass is 10.0. The maximum absolute atomic E-state index is 15.0. The minimum atomic E-state index is -1.32. The first-order valence-corrected chi connectivity index (χ1v) is 12.6. The van der Waals surface area contributed by atoms with E-state index in [-0.39, 0.29) is 17.3 Å². The number of fused-ring (bicyclic) bond motifs is 1. The molecule has 12 heteroatoms. The molecule has 0 radical (unpaired) electrons. The fourth-order valence-corrected chi connectivity index (χ4v) is 4.19. The summed E-state index contributed by atoms with van der Waals surface area (Å²) in [7, 11) is 1.63. The SMILES string of the molecule is COCCCOc1cn2ncnc(Oc3ccc(NC(=O)C4(C(=O)Nc5ccc(F)cc5)CC4)c(F)c3)c2c1C. The Labute approximate surface area is 228 Å². The number of hydrogen-bond acceptors (Lipinski definition) is 7. The van der Waals surface area contributed by atoms with E-state index in [1.807, 2.05) is 6.92 Å². The van der Waals surface area contributed by atoms with E-state index < -0.39 is 28.9 Å². The number of rotatable bonds is 11. The molecule has 2 amide bonds. The van der Waals surface area contributed by atoms with Crippen molar-refractivity contribution in [1.29, 1.82) is 0 Å². The van der Waals surface area contributed by atoms with Crippen LogP contribution in [0.15, 0.2) is 55.0 Å². The number of carbonyl (C=O) groups is 2. The number of hydrogen-bond donors (Lipinski definition) is 2. The molecule has 40 heavy (non-hydrogen) atoms. The Morgan fingerprint density at radius 3 is 2.50 bits per heavy atom. The number of carbonyl (C=O) groups excluding carboxylic acids is 2. The normalized spacial score (nSPS) is 13.6. The van der Waals surface area contributed by atoms with Gasteiger partial charge in [0.25, 0.3) is 0 Å². The topological polar surface area (TPSA) is 116 Å². The molecule has 1 saturated carbocycles. The van der Waals surface area contributed by atoms with Gasteiger partial charge in [0, 0.05) is 37.5 Å². The molecule has 1 aliphatic rings. The summed E-state index contributed by atoms with van der Waals surface area (Å²) in [6, 6.07) is 9.16. The van der Waals surface area contributed by atoms with Crippen LogP contribution in [0.25, 0.3) is 5.52 Å². The zero-order valence-electron chi connectivity index (χ0n) is 21.9. The number of nitrogens with one attached hydrogen (secondary N) is 2. The summed E-state index contributed by atoms with van der Waals surface area (Å²) >= 11 is 0. The number of halogens is 2. The van der Waals surface area contributed by atoms with Gasteiger partial charge in [-0.3, -0.25) is 9.59 Å². The van der Waals surface area contributed by atoms with Crippen LogP contribution >= 0.6 is 0 Å². The van der Waals surface area contributed by atoms with E-state index in [2.05, 4.69) is 20.7 Å². The summed E-state index contributed by atoms with van der Waals surface area (Å²) in [6.07, 6.45) is 4.37. The summed E-state index contributed by atoms with van der Waals surface area (Å²) in [4.78, 5) is 29.9. The van der Waals surface area contributed by atoms with Crippen LogP contribution in [0.1, 0.15) is 24.8 Å². The van der Waals surface area contributed by atoms with Crippen LogP contribution in [0, 0.1) is 24.0 Å². The van der Waals surface area contributed by atoms with Crippen molar-refractivity contribution in [3.8, 4) is 17.4 Å². The van der Waals surface area contributed by atoms with Gasteiger partial charge in [0.1, 0.15) is 40.4 Å². The Bertz CT molecular complexity index is 1550. The lowest BCUT2D eigenvalue weighted by Crippen LogP contribution is -2.35. The van der Waals surface area contributed by atoms with Crippen molar-refractivity contribution < 1.29 is 32.6 Å². The maximum atomic E-state index is 15.0. The number of methoxy groups -OCH3 is 1. The van der Waals surface area contributed by atoms with Crippen LogP contribution in [0.2, 0.25) is 0 Å². The van der Waals surface area contributed by atoms with Gasteiger partial charge in [-0.15, -0.1) is 0 Å². The van der Waals surface area contributed by atoms with Gasteiger partial charge in [-0.2, -0.15) is 10.1 Å². The third-order valence-corrected chi connectivity index (χ3v) is 6.62. The zero-order valence-corrected chi connectivity index (χ0v) is 21.9. The van der Waals surface area contributed by atoms with Crippen LogP contribution in [0.3, 0.4) is 0 Å². The van der Waals surface area contributed by atoms with Crippen LogP contribution in [-0.2, 0) is 14.3 Å². The minimum absolute atomic E-state index is 0.100. The van der Waals surface area contributed by atoms with Gasteiger partial charge in [0.05, 0.1) is 18.5 Å². The van der Waals surface area contributed by atoms with Crippen molar-refractivity contribution in [3.63, 3.8) is 0 Å². The Kier molecular flexibility index (Phi) is 7.60. The average molecular weight is 552 g/mol. The predicted octanol–water partition coefficient (Wildman–Crippen LogP) is 4.88. The molecule has 1 fully saturated rings. The molecule has 208 valence electrons. The molecule has 2 N–H and O–H groups in total. The molecular weight excluding hydrogens is 524 g/mol. The summed E-state index contributed by atoms with van der Waals surface area (Å²) < 4.78 is 46.5. The second kappa shape index (κ2) is 11.3. The highest BCUT2D eigenvalue weighted by Gasteiger charge is 2.56. The molecule has 0 unspecified atom stereocenters. The highest BCUT2D eigenvalue weighted by molar-refractivity contribution is 6.16. The Morgan fingerprint density at radius 2 is 1.80 bits per heavy atom. The highest BCUT2D eigenvalue weighted by atomic mass is 19.1. The number of aromatic nitrogens is 3. The lowest BCUT2D eigenvalue weighted by molar-refractivity contribution is -0.131. The van der Waals surface area contributed by atoms with E-state index >= 15 is 4.39 Å². The first-order chi connectivity index (χ1) is 19.3. The average Bonchev–Trinajstić information content (AvgIpc) is 3.69. The molecule has 2 aromatic carbocycles. The smallest absolute Gasteiger partial charge is 0.247 e. The molecule has 2 aromatic heterocycles. The van der Waals surface area contributed by atoms with Crippen molar-refractivity contribution in [3.05, 3.63) is 72.2 Å². The highest BCUT2D eigenvalue weighted by Crippen LogP contribution is 2.47. The van der Waals surface area contributed by atoms with Gasteiger partial charge in [-0.05, 0) is 56.2 Å². The van der Waals surface area contributed by atoms with Crippen LogP contribution in [-0.4, -0.2) is 46.7 Å². The molecule has 1 aliphatic carbocycles. The molecular formula is C28H27F2N5O5. The molecule has 4 aromatic rings. The monoisotopic (exact) mass is 551 g/mol. The van der Waals surface area contributed by atoms with Gasteiger partial charge in [-0.1, -0.05) is 0 Å². The third kappa shape index (κ3) is 5.57. The molecule has 0 bridgehead atoms. The number of anilines is 2. The Morgan fingerprint density at radius 1 is 1.05 bits per heavy atom. The summed E-state index contributed by atoms with van der Waals surface area (Å²) in [6.45, 7) is 2.88. The fraction of sp³-hybridized carbons (Fsp3) is 0.286. The van der Waals surface area contributed by atoms with Gasteiger partial charge in [-0.25, -0.2) is 13.3 Å². The molecule has 0 aliphatic heterocycles. The van der Waals surface area contributed by atoms with Gasteiger partial charge >= 0.3 is 0 Å². The minimum Gasteiger partial charge on any atom is -0.492 e. The Hall–Kier alpha value is -4.58. The predicted molar refractivity (Wildman–Crippen MR) is 142 cm³/mol. The van der Waals surface area contributed by atoms with E-state index in [1.165, 1.54) is 42.7 Å². The first-order valence-electron chi connectivity index (χ1n) is 12.6. The second-order valence-electron chi connectivity index (χ2n) is 9.41. The summed E-state index contributed by atoms with van der Waals surface area (Å²) in [5.41, 5.74) is 0.255. The number of amides is 2. The van der Waals surface area contributed by atoms with E-state index in [0.717, 1.165) is 18.1 Å². The molecule has 5 rings (SSSR count). The van der Waals surface area contributed by atoms with E-state index in [4.69, 9.17) is 14.2 Å². The quantitative estimate of drug-likeness (QED) is 0.202. The third-order valence-electron chi connectivity index (χ3n) is 6.62. The number of nitrogens with zero attached hydrogens (tertiary/aromatic N) is 3. The number of aryl methyl sites for hydroxylation is 1. The van der Waals surface area contributed by atoms with Crippen LogP contribution in [0.5, 0.6) is 17.4 Å². The van der Waals surface area contributed by atoms with E-state index in [9.17, 15) is 14.0 Å². The fourth-order valence-electron chi connectivity index (χ4n) is 4.19.